The lowest BCUT2D eigenvalue weighted by atomic mass is 10.2. The Morgan fingerprint density at radius 1 is 1.10 bits per heavy atom. The highest BCUT2D eigenvalue weighted by Crippen LogP contribution is 2.21. The van der Waals surface area contributed by atoms with E-state index in [0.29, 0.717) is 6.61 Å². The van der Waals surface area contributed by atoms with Gasteiger partial charge < -0.3 is 9.64 Å². The minimum atomic E-state index is 0.125. The number of piperazine rings is 1. The number of hydrogen-bond acceptors (Lipinski definition) is 5. The lowest BCUT2D eigenvalue weighted by Crippen LogP contribution is -2.48. The second kappa shape index (κ2) is 9.45. The molecule has 1 aliphatic heterocycles. The zero-order chi connectivity index (χ0) is 20.9. The first-order chi connectivity index (χ1) is 14.6. The van der Waals surface area contributed by atoms with E-state index in [1.54, 1.807) is 0 Å². The number of nitrogens with zero attached hydrogens (tertiary/aromatic N) is 4. The molecule has 0 bridgehead atoms. The minimum Gasteiger partial charge on any atom is -0.489 e. The van der Waals surface area contributed by atoms with Crippen molar-refractivity contribution < 1.29 is 9.53 Å². The molecular weight excluding hydrogens is 396 g/mol. The third-order valence-corrected chi connectivity index (χ3v) is 6.39. The van der Waals surface area contributed by atoms with Crippen molar-refractivity contribution in [3.63, 3.8) is 0 Å². The van der Waals surface area contributed by atoms with Gasteiger partial charge in [0.15, 0.2) is 0 Å². The number of hydrogen-bond donors (Lipinski definition) is 0. The molecule has 0 radical (unpaired) electrons. The first-order valence-electron chi connectivity index (χ1n) is 10.4. The van der Waals surface area contributed by atoms with Crippen LogP contribution in [-0.2, 0) is 26.6 Å². The van der Waals surface area contributed by atoms with Gasteiger partial charge in [-0.05, 0) is 35.6 Å². The maximum Gasteiger partial charge on any atom is 0.264 e. The van der Waals surface area contributed by atoms with Gasteiger partial charge in [-0.25, -0.2) is 0 Å². The number of ether oxygens (including phenoxy) is 1. The zero-order valence-corrected chi connectivity index (χ0v) is 18.4. The van der Waals surface area contributed by atoms with E-state index in [1.165, 1.54) is 22.5 Å². The molecule has 7 heteroatoms. The van der Waals surface area contributed by atoms with Crippen molar-refractivity contribution in [2.24, 2.45) is 7.05 Å². The van der Waals surface area contributed by atoms with Crippen LogP contribution in [0.4, 0.5) is 0 Å². The molecule has 2 aromatic heterocycles. The number of aryl methyl sites for hydroxylation is 2. The summed E-state index contributed by atoms with van der Waals surface area (Å²) >= 11 is 1.50. The van der Waals surface area contributed by atoms with Crippen molar-refractivity contribution in [2.45, 2.75) is 26.5 Å². The van der Waals surface area contributed by atoms with Crippen LogP contribution in [0.5, 0.6) is 5.75 Å². The van der Waals surface area contributed by atoms with Gasteiger partial charge >= 0.3 is 0 Å². The average molecular weight is 425 g/mol. The van der Waals surface area contributed by atoms with Gasteiger partial charge in [-0.15, -0.1) is 11.3 Å². The monoisotopic (exact) mass is 424 g/mol. The molecule has 3 heterocycles. The Balaban J connectivity index is 1.26. The molecule has 0 spiro atoms. The van der Waals surface area contributed by atoms with E-state index in [9.17, 15) is 4.79 Å². The Morgan fingerprint density at radius 3 is 2.53 bits per heavy atom. The number of carbonyl (C=O) groups excluding carboxylic acids is 1. The summed E-state index contributed by atoms with van der Waals surface area (Å²) in [6, 6.07) is 10.2. The zero-order valence-electron chi connectivity index (χ0n) is 17.6. The van der Waals surface area contributed by atoms with E-state index in [2.05, 4.69) is 29.1 Å². The molecular formula is C23H28N4O2S. The van der Waals surface area contributed by atoms with Gasteiger partial charge in [-0.1, -0.05) is 19.1 Å². The molecule has 1 saturated heterocycles. The molecule has 30 heavy (non-hydrogen) atoms. The van der Waals surface area contributed by atoms with E-state index < -0.39 is 0 Å². The van der Waals surface area contributed by atoms with Crippen LogP contribution < -0.4 is 4.74 Å². The van der Waals surface area contributed by atoms with Gasteiger partial charge in [0, 0.05) is 57.1 Å². The second-order valence-electron chi connectivity index (χ2n) is 7.70. The van der Waals surface area contributed by atoms with E-state index in [-0.39, 0.29) is 5.91 Å². The van der Waals surface area contributed by atoms with Crippen molar-refractivity contribution in [3.8, 4) is 5.75 Å². The van der Waals surface area contributed by atoms with Gasteiger partial charge in [0.1, 0.15) is 12.4 Å². The van der Waals surface area contributed by atoms with Crippen LogP contribution in [0.1, 0.15) is 33.3 Å². The Kier molecular flexibility index (Phi) is 6.50. The maximum atomic E-state index is 12.9. The number of amides is 1. The van der Waals surface area contributed by atoms with Gasteiger partial charge in [-0.3, -0.25) is 14.4 Å². The van der Waals surface area contributed by atoms with Gasteiger partial charge in [0.05, 0.1) is 11.1 Å². The van der Waals surface area contributed by atoms with Crippen molar-refractivity contribution in [1.82, 2.24) is 19.6 Å². The molecule has 6 nitrogen and oxygen atoms in total. The fraction of sp³-hybridized carbons (Fsp3) is 0.391. The normalized spacial score (nSPS) is 14.8. The summed E-state index contributed by atoms with van der Waals surface area (Å²) in [5.41, 5.74) is 3.55. The molecule has 1 fully saturated rings. The van der Waals surface area contributed by atoms with Crippen LogP contribution in [0.2, 0.25) is 0 Å². The highest BCUT2D eigenvalue weighted by atomic mass is 32.1. The van der Waals surface area contributed by atoms with Crippen LogP contribution in [0.3, 0.4) is 0 Å². The molecule has 3 aromatic rings. The van der Waals surface area contributed by atoms with Crippen molar-refractivity contribution in [2.75, 3.05) is 26.2 Å². The van der Waals surface area contributed by atoms with Crippen molar-refractivity contribution in [3.05, 3.63) is 69.7 Å². The summed E-state index contributed by atoms with van der Waals surface area (Å²) in [5, 5.41) is 6.25. The lowest BCUT2D eigenvalue weighted by molar-refractivity contribution is 0.0633. The number of thiophene rings is 1. The molecule has 1 aliphatic rings. The van der Waals surface area contributed by atoms with E-state index in [1.807, 2.05) is 52.6 Å². The summed E-state index contributed by atoms with van der Waals surface area (Å²) in [5.74, 6) is 0.982. The topological polar surface area (TPSA) is 50.6 Å². The number of benzene rings is 1. The summed E-state index contributed by atoms with van der Waals surface area (Å²) in [6.45, 7) is 6.79. The van der Waals surface area contributed by atoms with E-state index in [0.717, 1.165) is 55.3 Å². The van der Waals surface area contributed by atoms with Crippen LogP contribution in [0, 0.1) is 0 Å². The maximum absolute atomic E-state index is 12.9. The first kappa shape index (κ1) is 20.6. The number of rotatable bonds is 7. The first-order valence-corrected chi connectivity index (χ1v) is 11.3. The molecule has 4 rings (SSSR count). The molecule has 0 N–H and O–H groups in total. The van der Waals surface area contributed by atoms with Gasteiger partial charge in [0.2, 0.25) is 0 Å². The molecule has 1 aromatic carbocycles. The van der Waals surface area contributed by atoms with Crippen LogP contribution in [0.15, 0.2) is 48.1 Å². The predicted molar refractivity (Wildman–Crippen MR) is 119 cm³/mol. The Bertz CT molecular complexity index is 971. The number of carbonyl (C=O) groups is 1. The van der Waals surface area contributed by atoms with Crippen molar-refractivity contribution in [1.29, 1.82) is 0 Å². The molecule has 158 valence electrons. The van der Waals surface area contributed by atoms with Crippen molar-refractivity contribution >= 4 is 17.2 Å². The van der Waals surface area contributed by atoms with Gasteiger partial charge in [-0.2, -0.15) is 5.10 Å². The quantitative estimate of drug-likeness (QED) is 0.582. The Labute approximate surface area is 181 Å². The van der Waals surface area contributed by atoms with E-state index in [4.69, 9.17) is 4.74 Å². The second-order valence-corrected chi connectivity index (χ2v) is 8.61. The summed E-state index contributed by atoms with van der Waals surface area (Å²) < 4.78 is 7.70. The third-order valence-electron chi connectivity index (χ3n) is 5.43. The minimum absolute atomic E-state index is 0.125. The average Bonchev–Trinajstić information content (AvgIpc) is 3.41. The highest BCUT2D eigenvalue weighted by Gasteiger charge is 2.23. The fourth-order valence-electron chi connectivity index (χ4n) is 3.63. The molecule has 0 unspecified atom stereocenters. The summed E-state index contributed by atoms with van der Waals surface area (Å²) in [7, 11) is 1.93. The molecule has 1 amide bonds. The smallest absolute Gasteiger partial charge is 0.264 e. The molecule has 0 aliphatic carbocycles. The van der Waals surface area contributed by atoms with Crippen LogP contribution in [-0.4, -0.2) is 51.7 Å². The SMILES string of the molecule is CCc1ccc(OCc2csc(C(=O)N3CCN(Cc4cnn(C)c4)CC3)c2)cc1. The van der Waals surface area contributed by atoms with Crippen LogP contribution in [0.25, 0.3) is 0 Å². The Hall–Kier alpha value is -2.64. The standard InChI is InChI=1S/C23H28N4O2S/c1-3-18-4-6-21(7-5-18)29-16-19-12-22(30-17-19)23(28)27-10-8-26(9-11-27)15-20-13-24-25(2)14-20/h4-7,12-14,17H,3,8-11,15-16H2,1-2H3. The van der Waals surface area contributed by atoms with Gasteiger partial charge in [0.25, 0.3) is 5.91 Å². The summed E-state index contributed by atoms with van der Waals surface area (Å²) in [6.07, 6.45) is 4.98. The number of aromatic nitrogens is 2. The highest BCUT2D eigenvalue weighted by molar-refractivity contribution is 7.12. The fourth-order valence-corrected chi connectivity index (χ4v) is 4.49. The predicted octanol–water partition coefficient (Wildman–Crippen LogP) is 3.58. The molecule has 0 saturated carbocycles. The largest absolute Gasteiger partial charge is 0.489 e. The third kappa shape index (κ3) is 5.09. The van der Waals surface area contributed by atoms with E-state index >= 15 is 0 Å². The lowest BCUT2D eigenvalue weighted by Gasteiger charge is -2.34. The van der Waals surface area contributed by atoms with Crippen LogP contribution >= 0.6 is 11.3 Å². The summed E-state index contributed by atoms with van der Waals surface area (Å²) in [4.78, 5) is 18.0. The Morgan fingerprint density at radius 2 is 1.87 bits per heavy atom. The molecule has 0 atom stereocenters.